The van der Waals surface area contributed by atoms with Crippen molar-refractivity contribution in [2.75, 3.05) is 32.1 Å². The number of benzene rings is 1. The molecule has 2 N–H and O–H groups in total. The third kappa shape index (κ3) is 3.79. The van der Waals surface area contributed by atoms with Crippen molar-refractivity contribution in [2.24, 2.45) is 0 Å². The summed E-state index contributed by atoms with van der Waals surface area (Å²) in [7, 11) is 1.67. The molecule has 1 aliphatic heterocycles. The molecule has 1 aromatic carbocycles. The van der Waals surface area contributed by atoms with Crippen molar-refractivity contribution in [3.8, 4) is 0 Å². The van der Waals surface area contributed by atoms with E-state index < -0.39 is 5.97 Å². The van der Waals surface area contributed by atoms with E-state index in [-0.39, 0.29) is 24.1 Å². The van der Waals surface area contributed by atoms with Crippen LogP contribution in [-0.2, 0) is 9.53 Å². The smallest absolute Gasteiger partial charge is 0.335 e. The molecule has 1 amide bonds. The molecule has 6 nitrogen and oxygen atoms in total. The SMILES string of the molecule is CO[C@H]1CCN(CC(=O)Nc2cccc(C(=O)O)c2)C1. The fourth-order valence-electron chi connectivity index (χ4n) is 2.27. The van der Waals surface area contributed by atoms with E-state index in [1.165, 1.54) is 12.1 Å². The molecular weight excluding hydrogens is 260 g/mol. The van der Waals surface area contributed by atoms with Crippen LogP contribution >= 0.6 is 0 Å². The first-order valence-electron chi connectivity index (χ1n) is 6.47. The Morgan fingerprint density at radius 2 is 2.30 bits per heavy atom. The van der Waals surface area contributed by atoms with Crippen molar-refractivity contribution in [3.63, 3.8) is 0 Å². The number of carbonyl (C=O) groups is 2. The largest absolute Gasteiger partial charge is 0.478 e. The third-order valence-corrected chi connectivity index (χ3v) is 3.32. The Morgan fingerprint density at radius 1 is 1.50 bits per heavy atom. The zero-order valence-corrected chi connectivity index (χ0v) is 11.3. The quantitative estimate of drug-likeness (QED) is 0.841. The van der Waals surface area contributed by atoms with Crippen LogP contribution < -0.4 is 5.32 Å². The summed E-state index contributed by atoms with van der Waals surface area (Å²) in [5.74, 6) is -1.16. The maximum atomic E-state index is 11.9. The van der Waals surface area contributed by atoms with Crippen molar-refractivity contribution >= 4 is 17.6 Å². The van der Waals surface area contributed by atoms with E-state index in [1.807, 2.05) is 4.90 Å². The van der Waals surface area contributed by atoms with Crippen LogP contribution in [0.5, 0.6) is 0 Å². The molecule has 108 valence electrons. The summed E-state index contributed by atoms with van der Waals surface area (Å²) in [6, 6.07) is 6.21. The minimum atomic E-state index is -1.01. The highest BCUT2D eigenvalue weighted by atomic mass is 16.5. The molecule has 0 radical (unpaired) electrons. The number of nitrogens with one attached hydrogen (secondary N) is 1. The van der Waals surface area contributed by atoms with E-state index in [4.69, 9.17) is 9.84 Å². The van der Waals surface area contributed by atoms with Gasteiger partial charge in [0.05, 0.1) is 18.2 Å². The summed E-state index contributed by atoms with van der Waals surface area (Å²) in [6.07, 6.45) is 1.12. The van der Waals surface area contributed by atoms with Crippen LogP contribution in [0.1, 0.15) is 16.8 Å². The van der Waals surface area contributed by atoms with Gasteiger partial charge in [-0.1, -0.05) is 6.07 Å². The van der Waals surface area contributed by atoms with Crippen molar-refractivity contribution < 1.29 is 19.4 Å². The summed E-state index contributed by atoms with van der Waals surface area (Å²) in [6.45, 7) is 1.87. The van der Waals surface area contributed by atoms with E-state index in [0.29, 0.717) is 5.69 Å². The molecular formula is C14H18N2O4. The third-order valence-electron chi connectivity index (χ3n) is 3.32. The second-order valence-electron chi connectivity index (χ2n) is 4.82. The molecule has 1 atom stereocenters. The highest BCUT2D eigenvalue weighted by molar-refractivity contribution is 5.94. The van der Waals surface area contributed by atoms with Crippen LogP contribution in [0.4, 0.5) is 5.69 Å². The van der Waals surface area contributed by atoms with Gasteiger partial charge in [-0.05, 0) is 24.6 Å². The van der Waals surface area contributed by atoms with E-state index >= 15 is 0 Å². The number of carboxylic acid groups (broad SMARTS) is 1. The number of methoxy groups -OCH3 is 1. The van der Waals surface area contributed by atoms with Gasteiger partial charge in [0, 0.05) is 25.9 Å². The summed E-state index contributed by atoms with van der Waals surface area (Å²) < 4.78 is 5.24. The highest BCUT2D eigenvalue weighted by Crippen LogP contribution is 2.13. The van der Waals surface area contributed by atoms with Crippen LogP contribution in [0.15, 0.2) is 24.3 Å². The van der Waals surface area contributed by atoms with Gasteiger partial charge in [-0.15, -0.1) is 0 Å². The number of amides is 1. The van der Waals surface area contributed by atoms with Crippen LogP contribution in [0.25, 0.3) is 0 Å². The average Bonchev–Trinajstić information content (AvgIpc) is 2.86. The Kier molecular flexibility index (Phi) is 4.70. The molecule has 0 bridgehead atoms. The fraction of sp³-hybridized carbons (Fsp3) is 0.429. The lowest BCUT2D eigenvalue weighted by Gasteiger charge is -2.15. The second kappa shape index (κ2) is 6.49. The zero-order valence-electron chi connectivity index (χ0n) is 11.3. The number of rotatable bonds is 5. The number of likely N-dealkylation sites (tertiary alicyclic amines) is 1. The monoisotopic (exact) mass is 278 g/mol. The van der Waals surface area contributed by atoms with Gasteiger partial charge in [0.25, 0.3) is 0 Å². The zero-order chi connectivity index (χ0) is 14.5. The Bertz CT molecular complexity index is 504. The Labute approximate surface area is 117 Å². The van der Waals surface area contributed by atoms with E-state index in [2.05, 4.69) is 5.32 Å². The van der Waals surface area contributed by atoms with Crippen LogP contribution in [-0.4, -0.2) is 54.7 Å². The predicted octanol–water partition coefficient (Wildman–Crippen LogP) is 1.04. The van der Waals surface area contributed by atoms with E-state index in [9.17, 15) is 9.59 Å². The van der Waals surface area contributed by atoms with Gasteiger partial charge in [0.1, 0.15) is 0 Å². The van der Waals surface area contributed by atoms with Crippen molar-refractivity contribution in [1.29, 1.82) is 0 Å². The summed E-state index contributed by atoms with van der Waals surface area (Å²) in [4.78, 5) is 24.8. The Hall–Kier alpha value is -1.92. The maximum Gasteiger partial charge on any atom is 0.335 e. The summed E-state index contributed by atoms with van der Waals surface area (Å²) >= 11 is 0. The van der Waals surface area contributed by atoms with Crippen molar-refractivity contribution in [2.45, 2.75) is 12.5 Å². The number of carbonyl (C=O) groups excluding carboxylic acids is 1. The Balaban J connectivity index is 1.88. The fourth-order valence-corrected chi connectivity index (χ4v) is 2.27. The van der Waals surface area contributed by atoms with Gasteiger partial charge >= 0.3 is 5.97 Å². The lowest BCUT2D eigenvalue weighted by atomic mass is 10.2. The topological polar surface area (TPSA) is 78.9 Å². The molecule has 1 fully saturated rings. The Morgan fingerprint density at radius 3 is 2.95 bits per heavy atom. The van der Waals surface area contributed by atoms with Crippen LogP contribution in [0.2, 0.25) is 0 Å². The lowest BCUT2D eigenvalue weighted by molar-refractivity contribution is -0.117. The molecule has 0 aliphatic carbocycles. The van der Waals surface area contributed by atoms with Crippen LogP contribution in [0.3, 0.4) is 0 Å². The maximum absolute atomic E-state index is 11.9. The first-order valence-corrected chi connectivity index (χ1v) is 6.47. The first-order chi connectivity index (χ1) is 9.58. The number of anilines is 1. The number of ether oxygens (including phenoxy) is 1. The van der Waals surface area contributed by atoms with Crippen LogP contribution in [0, 0.1) is 0 Å². The lowest BCUT2D eigenvalue weighted by Crippen LogP contribution is -2.32. The van der Waals surface area contributed by atoms with Gasteiger partial charge in [0.15, 0.2) is 0 Å². The summed E-state index contributed by atoms with van der Waals surface area (Å²) in [5, 5.41) is 11.6. The van der Waals surface area contributed by atoms with Crippen molar-refractivity contribution in [3.05, 3.63) is 29.8 Å². The number of aromatic carboxylic acids is 1. The first kappa shape index (κ1) is 14.5. The predicted molar refractivity (Wildman–Crippen MR) is 73.9 cm³/mol. The molecule has 6 heteroatoms. The molecule has 20 heavy (non-hydrogen) atoms. The number of hydrogen-bond acceptors (Lipinski definition) is 4. The van der Waals surface area contributed by atoms with Gasteiger partial charge in [-0.3, -0.25) is 9.69 Å². The average molecular weight is 278 g/mol. The van der Waals surface area contributed by atoms with Gasteiger partial charge < -0.3 is 15.2 Å². The minimum Gasteiger partial charge on any atom is -0.478 e. The number of carboxylic acids is 1. The van der Waals surface area contributed by atoms with Crippen molar-refractivity contribution in [1.82, 2.24) is 4.90 Å². The highest BCUT2D eigenvalue weighted by Gasteiger charge is 2.23. The van der Waals surface area contributed by atoms with E-state index in [1.54, 1.807) is 19.2 Å². The van der Waals surface area contributed by atoms with Gasteiger partial charge in [-0.25, -0.2) is 4.79 Å². The normalized spacial score (nSPS) is 18.9. The number of nitrogens with zero attached hydrogens (tertiary/aromatic N) is 1. The molecule has 2 rings (SSSR count). The summed E-state index contributed by atoms with van der Waals surface area (Å²) in [5.41, 5.74) is 0.654. The molecule has 0 saturated carbocycles. The molecule has 1 aromatic rings. The molecule has 1 saturated heterocycles. The number of hydrogen-bond donors (Lipinski definition) is 2. The standard InChI is InChI=1S/C14H18N2O4/c1-20-12-5-6-16(8-12)9-13(17)15-11-4-2-3-10(7-11)14(18)19/h2-4,7,12H,5-6,8-9H2,1H3,(H,15,17)(H,18,19)/t12-/m0/s1. The van der Waals surface area contributed by atoms with Gasteiger partial charge in [0.2, 0.25) is 5.91 Å². The molecule has 1 heterocycles. The molecule has 0 unspecified atom stereocenters. The molecule has 1 aliphatic rings. The van der Waals surface area contributed by atoms with Gasteiger partial charge in [-0.2, -0.15) is 0 Å². The molecule has 0 aromatic heterocycles. The molecule has 0 spiro atoms. The van der Waals surface area contributed by atoms with E-state index in [0.717, 1.165) is 19.5 Å². The second-order valence-corrected chi connectivity index (χ2v) is 4.82. The minimum absolute atomic E-state index is 0.149.